The molecule has 2 aromatic heterocycles. The second-order valence-corrected chi connectivity index (χ2v) is 5.11. The van der Waals surface area contributed by atoms with Crippen LogP contribution in [0.15, 0.2) is 42.6 Å². The highest BCUT2D eigenvalue weighted by atomic mass is 16.5. The monoisotopic (exact) mass is 353 g/mol. The number of nitrogens with one attached hydrogen (secondary N) is 1. The molecule has 0 aliphatic heterocycles. The molecule has 0 saturated carbocycles. The van der Waals surface area contributed by atoms with E-state index in [-0.39, 0.29) is 18.2 Å². The summed E-state index contributed by atoms with van der Waals surface area (Å²) in [4.78, 5) is 27.1. The quantitative estimate of drug-likeness (QED) is 0.647. The highest BCUT2D eigenvalue weighted by Gasteiger charge is 2.15. The van der Waals surface area contributed by atoms with Gasteiger partial charge in [-0.15, -0.1) is 0 Å². The van der Waals surface area contributed by atoms with Crippen LogP contribution in [0.1, 0.15) is 27.8 Å². The fraction of sp³-hybridized carbons (Fsp3) is 0.118. The molecule has 0 fully saturated rings. The van der Waals surface area contributed by atoms with Crippen LogP contribution in [0.4, 0.5) is 0 Å². The largest absolute Gasteiger partial charge is 0.462 e. The lowest BCUT2D eigenvalue weighted by Gasteiger charge is -2.07. The molecule has 0 radical (unpaired) electrons. The van der Waals surface area contributed by atoms with Gasteiger partial charge in [0.2, 0.25) is 5.88 Å². The topological polar surface area (TPSA) is 133 Å². The van der Waals surface area contributed by atoms with Gasteiger partial charge < -0.3 is 15.2 Å². The van der Waals surface area contributed by atoms with Crippen LogP contribution in [0.2, 0.25) is 0 Å². The number of carbonyl (C=O) groups is 2. The molecular formula is C17H15N5O4. The Kier molecular flexibility index (Phi) is 4.88. The summed E-state index contributed by atoms with van der Waals surface area (Å²) >= 11 is 0. The van der Waals surface area contributed by atoms with Gasteiger partial charge in [0.1, 0.15) is 11.4 Å². The van der Waals surface area contributed by atoms with Crippen molar-refractivity contribution >= 4 is 11.9 Å². The van der Waals surface area contributed by atoms with Crippen LogP contribution in [0.5, 0.6) is 11.6 Å². The van der Waals surface area contributed by atoms with Crippen molar-refractivity contribution in [2.45, 2.75) is 6.92 Å². The number of rotatable bonds is 6. The maximum atomic E-state index is 11.8. The normalized spacial score (nSPS) is 10.3. The van der Waals surface area contributed by atoms with Gasteiger partial charge in [-0.2, -0.15) is 15.4 Å². The number of carbonyl (C=O) groups excluding carboxylic acids is 2. The minimum atomic E-state index is -0.672. The molecule has 0 unspecified atom stereocenters. The Morgan fingerprint density at radius 1 is 1.15 bits per heavy atom. The molecule has 1 aromatic carbocycles. The first kappa shape index (κ1) is 17.1. The first-order valence-corrected chi connectivity index (χ1v) is 7.70. The zero-order chi connectivity index (χ0) is 18.5. The molecule has 3 N–H and O–H groups in total. The van der Waals surface area contributed by atoms with Crippen molar-refractivity contribution in [1.29, 1.82) is 0 Å². The third kappa shape index (κ3) is 3.66. The number of nitrogens with two attached hydrogens (primary N) is 1. The maximum absolute atomic E-state index is 11.8. The average Bonchev–Trinajstić information content (AvgIpc) is 3.13. The van der Waals surface area contributed by atoms with E-state index in [2.05, 4.69) is 20.4 Å². The van der Waals surface area contributed by atoms with E-state index in [9.17, 15) is 9.59 Å². The number of aromatic nitrogens is 4. The summed E-state index contributed by atoms with van der Waals surface area (Å²) in [6, 6.07) is 9.79. The second-order valence-electron chi connectivity index (χ2n) is 5.11. The van der Waals surface area contributed by atoms with Crippen molar-refractivity contribution < 1.29 is 19.1 Å². The van der Waals surface area contributed by atoms with Gasteiger partial charge in [0.15, 0.2) is 5.69 Å². The molecule has 3 aromatic rings. The van der Waals surface area contributed by atoms with E-state index in [1.54, 1.807) is 37.3 Å². The Hall–Kier alpha value is -3.75. The van der Waals surface area contributed by atoms with Crippen LogP contribution in [0, 0.1) is 0 Å². The Morgan fingerprint density at radius 2 is 1.92 bits per heavy atom. The van der Waals surface area contributed by atoms with Gasteiger partial charge in [-0.3, -0.25) is 4.79 Å². The third-order valence-electron chi connectivity index (χ3n) is 3.38. The van der Waals surface area contributed by atoms with E-state index in [1.807, 2.05) is 0 Å². The number of aromatic amines is 1. The SMILES string of the molecule is CCOC(=O)c1ccnc(Oc2ccc(-c3n[nH]nc3C(N)=O)cc2)c1. The second kappa shape index (κ2) is 7.43. The standard InChI is InChI=1S/C17H15N5O4/c1-2-25-17(24)11-7-8-19-13(9-11)26-12-5-3-10(4-6-12)14-15(16(18)23)21-22-20-14/h3-9H,2H2,1H3,(H2,18,23)(H,20,21,22). The van der Waals surface area contributed by atoms with Crippen LogP contribution in [-0.4, -0.2) is 38.9 Å². The maximum Gasteiger partial charge on any atom is 0.338 e. The molecule has 0 saturated heterocycles. The lowest BCUT2D eigenvalue weighted by atomic mass is 10.1. The highest BCUT2D eigenvalue weighted by Crippen LogP contribution is 2.25. The van der Waals surface area contributed by atoms with Crippen molar-refractivity contribution in [1.82, 2.24) is 20.4 Å². The summed E-state index contributed by atoms with van der Waals surface area (Å²) in [6.45, 7) is 2.02. The molecule has 2 heterocycles. The predicted octanol–water partition coefficient (Wildman–Crippen LogP) is 1.93. The number of benzene rings is 1. The van der Waals surface area contributed by atoms with Gasteiger partial charge in [0.25, 0.3) is 5.91 Å². The summed E-state index contributed by atoms with van der Waals surface area (Å²) in [6.07, 6.45) is 1.46. The minimum absolute atomic E-state index is 0.0578. The summed E-state index contributed by atoms with van der Waals surface area (Å²) in [7, 11) is 0. The Labute approximate surface area is 148 Å². The number of esters is 1. The van der Waals surface area contributed by atoms with E-state index in [4.69, 9.17) is 15.2 Å². The third-order valence-corrected chi connectivity index (χ3v) is 3.38. The predicted molar refractivity (Wildman–Crippen MR) is 90.6 cm³/mol. The molecule has 3 rings (SSSR count). The lowest BCUT2D eigenvalue weighted by molar-refractivity contribution is 0.0525. The zero-order valence-electron chi connectivity index (χ0n) is 13.8. The molecule has 0 aliphatic carbocycles. The first-order chi connectivity index (χ1) is 12.6. The van der Waals surface area contributed by atoms with Crippen LogP contribution >= 0.6 is 0 Å². The molecule has 0 spiro atoms. The molecule has 132 valence electrons. The van der Waals surface area contributed by atoms with Crippen molar-refractivity contribution in [3.05, 3.63) is 53.9 Å². The molecule has 9 nitrogen and oxygen atoms in total. The molecule has 0 bridgehead atoms. The summed E-state index contributed by atoms with van der Waals surface area (Å²) in [5, 5.41) is 10.0. The van der Waals surface area contributed by atoms with E-state index >= 15 is 0 Å². The number of ether oxygens (including phenoxy) is 2. The van der Waals surface area contributed by atoms with Gasteiger partial charge in [0.05, 0.1) is 12.2 Å². The van der Waals surface area contributed by atoms with E-state index in [0.717, 1.165) is 0 Å². The smallest absolute Gasteiger partial charge is 0.338 e. The molecule has 26 heavy (non-hydrogen) atoms. The van der Waals surface area contributed by atoms with Crippen molar-refractivity contribution in [2.75, 3.05) is 6.61 Å². The van der Waals surface area contributed by atoms with Gasteiger partial charge in [-0.1, -0.05) is 0 Å². The summed E-state index contributed by atoms with van der Waals surface area (Å²) < 4.78 is 10.6. The number of hydrogen-bond acceptors (Lipinski definition) is 7. The molecule has 0 aliphatic rings. The van der Waals surface area contributed by atoms with Crippen LogP contribution in [0.25, 0.3) is 11.3 Å². The van der Waals surface area contributed by atoms with Crippen LogP contribution < -0.4 is 10.5 Å². The van der Waals surface area contributed by atoms with Gasteiger partial charge in [-0.05, 0) is 37.3 Å². The molecule has 9 heteroatoms. The average molecular weight is 353 g/mol. The van der Waals surface area contributed by atoms with E-state index in [1.165, 1.54) is 12.3 Å². The van der Waals surface area contributed by atoms with Crippen molar-refractivity contribution in [3.63, 3.8) is 0 Å². The molecule has 1 amide bonds. The fourth-order valence-electron chi connectivity index (χ4n) is 2.21. The number of pyridine rings is 1. The van der Waals surface area contributed by atoms with Crippen LogP contribution in [0.3, 0.4) is 0 Å². The Bertz CT molecular complexity index is 936. The number of amides is 1. The zero-order valence-corrected chi connectivity index (χ0v) is 13.8. The summed E-state index contributed by atoms with van der Waals surface area (Å²) in [5.41, 5.74) is 6.66. The Balaban J connectivity index is 1.78. The van der Waals surface area contributed by atoms with Gasteiger partial charge >= 0.3 is 5.97 Å². The van der Waals surface area contributed by atoms with E-state index < -0.39 is 11.9 Å². The van der Waals surface area contributed by atoms with E-state index in [0.29, 0.717) is 22.6 Å². The number of hydrogen-bond donors (Lipinski definition) is 2. The first-order valence-electron chi connectivity index (χ1n) is 7.70. The number of nitrogens with zero attached hydrogens (tertiary/aromatic N) is 3. The summed E-state index contributed by atoms with van der Waals surface area (Å²) in [5.74, 6) is -0.372. The molecule has 0 atom stereocenters. The minimum Gasteiger partial charge on any atom is -0.462 e. The van der Waals surface area contributed by atoms with Gasteiger partial charge in [-0.25, -0.2) is 9.78 Å². The van der Waals surface area contributed by atoms with Crippen molar-refractivity contribution in [2.24, 2.45) is 5.73 Å². The fourth-order valence-corrected chi connectivity index (χ4v) is 2.21. The van der Waals surface area contributed by atoms with Crippen LogP contribution in [-0.2, 0) is 4.74 Å². The highest BCUT2D eigenvalue weighted by molar-refractivity contribution is 5.96. The van der Waals surface area contributed by atoms with Gasteiger partial charge in [0, 0.05) is 17.8 Å². The van der Waals surface area contributed by atoms with Crippen molar-refractivity contribution in [3.8, 4) is 22.9 Å². The lowest BCUT2D eigenvalue weighted by Crippen LogP contribution is -2.12. The number of H-pyrrole nitrogens is 1. The molecular weight excluding hydrogens is 338 g/mol. The Morgan fingerprint density at radius 3 is 2.62 bits per heavy atom. The number of primary amides is 1.